The molecule has 1 rings (SSSR count). The van der Waals surface area contributed by atoms with Gasteiger partial charge in [-0.3, -0.25) is 4.79 Å². The number of anilines is 1. The highest BCUT2D eigenvalue weighted by Crippen LogP contribution is 2.35. The quantitative estimate of drug-likeness (QED) is 0.649. The molecule has 3 nitrogen and oxygen atoms in total. The van der Waals surface area contributed by atoms with Gasteiger partial charge in [-0.15, -0.1) is 0 Å². The van der Waals surface area contributed by atoms with Gasteiger partial charge in [0, 0.05) is 0 Å². The normalized spacial score (nSPS) is 9.88. The summed E-state index contributed by atoms with van der Waals surface area (Å²) in [5.74, 6) is -0.848. The standard InChI is InChI=1S/C9H6Cl3FN2OS/c10-4-1-2-5(8(12)7(4)11)14-9(17)15-6(16)3-13/h1-2H,3H2,(H2,14,15,16,17). The van der Waals surface area contributed by atoms with Crippen LogP contribution in [0.25, 0.3) is 0 Å². The van der Waals surface area contributed by atoms with E-state index in [2.05, 4.69) is 10.6 Å². The van der Waals surface area contributed by atoms with Gasteiger partial charge in [-0.2, -0.15) is 0 Å². The Labute approximate surface area is 117 Å². The van der Waals surface area contributed by atoms with E-state index in [0.717, 1.165) is 0 Å². The number of rotatable bonds is 2. The van der Waals surface area contributed by atoms with Crippen LogP contribution in [-0.4, -0.2) is 17.7 Å². The van der Waals surface area contributed by atoms with Crippen molar-refractivity contribution < 1.29 is 9.18 Å². The Morgan fingerprint density at radius 1 is 1.29 bits per heavy atom. The van der Waals surface area contributed by atoms with Crippen LogP contribution in [0.4, 0.5) is 10.1 Å². The Bertz CT molecular complexity index is 470. The van der Waals surface area contributed by atoms with Crippen molar-refractivity contribution in [1.29, 1.82) is 0 Å². The number of benzene rings is 1. The number of thiocarbonyl (C=S) groups is 1. The third-order valence-corrected chi connectivity index (χ3v) is 3.16. The molecule has 0 saturated carbocycles. The second-order valence-corrected chi connectivity index (χ2v) is 4.43. The number of carbonyl (C=O) groups excluding carboxylic acids is 1. The van der Waals surface area contributed by atoms with E-state index in [1.165, 1.54) is 12.1 Å². The highest BCUT2D eigenvalue weighted by Gasteiger charge is 2.10. The highest BCUT2D eigenvalue weighted by molar-refractivity contribution is 7.80. The van der Waals surface area contributed by atoms with Gasteiger partial charge in [-0.1, -0.05) is 34.8 Å². The fourth-order valence-corrected chi connectivity index (χ4v) is 1.74. The van der Waals surface area contributed by atoms with Crippen molar-refractivity contribution in [3.05, 3.63) is 27.2 Å². The molecule has 1 aromatic carbocycles. The Morgan fingerprint density at radius 2 is 1.94 bits per heavy atom. The highest BCUT2D eigenvalue weighted by atomic mass is 35.5. The average molecular weight is 316 g/mol. The van der Waals surface area contributed by atoms with Gasteiger partial charge in [-0.25, -0.2) is 4.39 Å². The molecule has 2 N–H and O–H groups in total. The fraction of sp³-hybridized carbons (Fsp3) is 0.111. The second kappa shape index (κ2) is 6.35. The molecule has 92 valence electrons. The molecule has 1 aromatic rings. The lowest BCUT2D eigenvalue weighted by atomic mass is 10.3. The van der Waals surface area contributed by atoms with Crippen LogP contribution in [0.15, 0.2) is 12.1 Å². The molecule has 0 aliphatic rings. The molecule has 8 heteroatoms. The molecule has 0 aliphatic heterocycles. The lowest BCUT2D eigenvalue weighted by Gasteiger charge is -2.11. The number of nitrogens with one attached hydrogen (secondary N) is 2. The smallest absolute Gasteiger partial charge is 0.257 e. The van der Waals surface area contributed by atoms with Crippen LogP contribution in [0.5, 0.6) is 0 Å². The molecule has 0 atom stereocenters. The number of hydrogen-bond donors (Lipinski definition) is 2. The zero-order valence-corrected chi connectivity index (χ0v) is 11.3. The van der Waals surface area contributed by atoms with Crippen molar-refractivity contribution in [3.8, 4) is 0 Å². The van der Waals surface area contributed by atoms with E-state index in [9.17, 15) is 9.18 Å². The van der Waals surface area contributed by atoms with Crippen LogP contribution in [0.1, 0.15) is 0 Å². The molecule has 0 aliphatic carbocycles. The zero-order chi connectivity index (χ0) is 13.0. The van der Waals surface area contributed by atoms with Crippen molar-refractivity contribution in [3.63, 3.8) is 0 Å². The largest absolute Gasteiger partial charge is 0.331 e. The fourth-order valence-electron chi connectivity index (χ4n) is 0.936. The first-order valence-electron chi connectivity index (χ1n) is 4.26. The average Bonchev–Trinajstić information content (AvgIpc) is 2.29. The minimum absolute atomic E-state index is 0.0760. The molecule has 0 fully saturated rings. The van der Waals surface area contributed by atoms with Gasteiger partial charge in [0.15, 0.2) is 11.8 Å². The van der Waals surface area contributed by atoms with E-state index in [-0.39, 0.29) is 15.2 Å². The van der Waals surface area contributed by atoms with E-state index in [0.29, 0.717) is 10.7 Å². The molecule has 1 amide bonds. The third kappa shape index (κ3) is 3.96. The van der Waals surface area contributed by atoms with Crippen LogP contribution >= 0.6 is 47.0 Å². The SMILES string of the molecule is O=C(CF)NC(=S)Nc1ccc(Cl)c(Cl)c1Cl. The first-order valence-corrected chi connectivity index (χ1v) is 5.80. The molecule has 0 unspecified atom stereocenters. The van der Waals surface area contributed by atoms with Crippen LogP contribution in [0.2, 0.25) is 15.1 Å². The lowest BCUT2D eigenvalue weighted by Crippen LogP contribution is -2.35. The van der Waals surface area contributed by atoms with Crippen LogP contribution in [0.3, 0.4) is 0 Å². The van der Waals surface area contributed by atoms with E-state index in [1.54, 1.807) is 0 Å². The summed E-state index contributed by atoms with van der Waals surface area (Å²) in [7, 11) is 0. The van der Waals surface area contributed by atoms with E-state index in [4.69, 9.17) is 47.0 Å². The van der Waals surface area contributed by atoms with Gasteiger partial charge in [0.2, 0.25) is 0 Å². The van der Waals surface area contributed by atoms with Crippen LogP contribution in [-0.2, 0) is 4.79 Å². The summed E-state index contributed by atoms with van der Waals surface area (Å²) in [5.41, 5.74) is 0.366. The maximum atomic E-state index is 11.9. The summed E-state index contributed by atoms with van der Waals surface area (Å²) in [5, 5.41) is 5.26. The Kier molecular flexibility index (Phi) is 5.39. The Morgan fingerprint density at radius 3 is 2.53 bits per heavy atom. The minimum atomic E-state index is -1.16. The summed E-state index contributed by atoms with van der Waals surface area (Å²) in [6, 6.07) is 3.04. The summed E-state index contributed by atoms with van der Waals surface area (Å²) < 4.78 is 11.9. The maximum Gasteiger partial charge on any atom is 0.257 e. The number of hydrogen-bond acceptors (Lipinski definition) is 2. The van der Waals surface area contributed by atoms with Gasteiger partial charge >= 0.3 is 0 Å². The summed E-state index contributed by atoms with van der Waals surface area (Å²) >= 11 is 22.2. The predicted molar refractivity (Wildman–Crippen MR) is 71.8 cm³/mol. The minimum Gasteiger partial charge on any atom is -0.331 e. The molecule has 0 radical (unpaired) electrons. The molecule has 0 heterocycles. The van der Waals surface area contributed by atoms with Crippen LogP contribution < -0.4 is 10.6 Å². The Balaban J connectivity index is 2.79. The Hall–Kier alpha value is -0.620. The number of alkyl halides is 1. The van der Waals surface area contributed by atoms with Gasteiger partial charge in [0.1, 0.15) is 0 Å². The zero-order valence-electron chi connectivity index (χ0n) is 8.19. The number of amides is 1. The molecule has 0 aromatic heterocycles. The molecule has 0 saturated heterocycles. The number of carbonyl (C=O) groups is 1. The van der Waals surface area contributed by atoms with Crippen molar-refractivity contribution in [2.45, 2.75) is 0 Å². The van der Waals surface area contributed by atoms with Gasteiger partial charge in [0.05, 0.1) is 20.8 Å². The van der Waals surface area contributed by atoms with E-state index >= 15 is 0 Å². The molecular formula is C9H6Cl3FN2OS. The van der Waals surface area contributed by atoms with E-state index in [1.807, 2.05) is 0 Å². The van der Waals surface area contributed by atoms with Crippen molar-refractivity contribution in [2.75, 3.05) is 12.0 Å². The molecular weight excluding hydrogens is 310 g/mol. The lowest BCUT2D eigenvalue weighted by molar-refractivity contribution is -0.120. The third-order valence-electron chi connectivity index (χ3n) is 1.66. The molecule has 17 heavy (non-hydrogen) atoms. The van der Waals surface area contributed by atoms with Crippen molar-refractivity contribution in [2.24, 2.45) is 0 Å². The predicted octanol–water partition coefficient (Wildman–Crippen LogP) is 3.43. The monoisotopic (exact) mass is 314 g/mol. The van der Waals surface area contributed by atoms with Crippen LogP contribution in [0, 0.1) is 0 Å². The summed E-state index contributed by atoms with van der Waals surface area (Å²) in [4.78, 5) is 10.7. The first kappa shape index (κ1) is 14.4. The van der Waals surface area contributed by atoms with Crippen molar-refractivity contribution in [1.82, 2.24) is 5.32 Å². The second-order valence-electron chi connectivity index (χ2n) is 2.86. The topological polar surface area (TPSA) is 41.1 Å². The van der Waals surface area contributed by atoms with Gasteiger partial charge in [-0.05, 0) is 24.4 Å². The summed E-state index contributed by atoms with van der Waals surface area (Å²) in [6.45, 7) is -1.16. The van der Waals surface area contributed by atoms with Crippen molar-refractivity contribution >= 4 is 63.7 Å². The van der Waals surface area contributed by atoms with Gasteiger partial charge < -0.3 is 10.6 Å². The number of halogens is 4. The van der Waals surface area contributed by atoms with E-state index < -0.39 is 12.6 Å². The van der Waals surface area contributed by atoms with Gasteiger partial charge in [0.25, 0.3) is 5.91 Å². The maximum absolute atomic E-state index is 11.9. The molecule has 0 bridgehead atoms. The summed E-state index contributed by atoms with van der Waals surface area (Å²) in [6.07, 6.45) is 0. The first-order chi connectivity index (χ1) is 7.95. The molecule has 0 spiro atoms.